The second kappa shape index (κ2) is 5.05. The van der Waals surface area contributed by atoms with Crippen LogP contribution in [0.2, 0.25) is 5.02 Å². The molecule has 0 aliphatic carbocycles. The van der Waals surface area contributed by atoms with Gasteiger partial charge < -0.3 is 5.11 Å². The topological polar surface area (TPSA) is 50.2 Å². The first-order valence-electron chi connectivity index (χ1n) is 4.39. The molecule has 0 unspecified atom stereocenters. The van der Waals surface area contributed by atoms with Gasteiger partial charge in [0.05, 0.1) is 17.0 Å². The second-order valence-electron chi connectivity index (χ2n) is 3.22. The van der Waals surface area contributed by atoms with Crippen LogP contribution in [0.15, 0.2) is 6.20 Å². The molecule has 1 rings (SSSR count). The molecule has 0 saturated heterocycles. The third-order valence-electron chi connectivity index (χ3n) is 1.97. The monoisotopic (exact) mass is 289 g/mol. The van der Waals surface area contributed by atoms with Gasteiger partial charge in [0.2, 0.25) is 0 Å². The van der Waals surface area contributed by atoms with Gasteiger partial charge in [-0.25, -0.2) is 8.78 Å². The Hall–Kier alpha value is -1.44. The van der Waals surface area contributed by atoms with Crippen molar-refractivity contribution in [3.8, 4) is 0 Å². The molecule has 0 amide bonds. The summed E-state index contributed by atoms with van der Waals surface area (Å²) in [5.74, 6) is -1.63. The van der Waals surface area contributed by atoms with Crippen LogP contribution in [0.25, 0.3) is 0 Å². The number of hydrogen-bond acceptors (Lipinski definition) is 2. The fourth-order valence-electron chi connectivity index (χ4n) is 1.26. The molecule has 0 bridgehead atoms. The molecule has 0 aliphatic heterocycles. The number of alkyl halides is 5. The van der Waals surface area contributed by atoms with Crippen molar-refractivity contribution in [2.75, 3.05) is 0 Å². The standard InChI is InChI=1S/C9H5ClF5NO2/c10-6-3(1-5(17)18)7(9(13,14)15)16-2-4(6)8(11)12/h2,8H,1H2,(H,17,18). The van der Waals surface area contributed by atoms with Gasteiger partial charge in [-0.15, -0.1) is 0 Å². The Labute approximate surface area is 102 Å². The number of hydrogen-bond donors (Lipinski definition) is 1. The molecule has 0 aliphatic rings. The Morgan fingerprint density at radius 1 is 1.44 bits per heavy atom. The van der Waals surface area contributed by atoms with Gasteiger partial charge in [-0.1, -0.05) is 11.6 Å². The molecule has 18 heavy (non-hydrogen) atoms. The number of carboxylic acid groups (broad SMARTS) is 1. The summed E-state index contributed by atoms with van der Waals surface area (Å²) in [5, 5.41) is 7.55. The van der Waals surface area contributed by atoms with Gasteiger partial charge in [0, 0.05) is 11.8 Å². The summed E-state index contributed by atoms with van der Waals surface area (Å²) in [4.78, 5) is 13.3. The van der Waals surface area contributed by atoms with Crippen molar-refractivity contribution in [1.82, 2.24) is 4.98 Å². The molecular weight excluding hydrogens is 285 g/mol. The number of halogens is 6. The van der Waals surface area contributed by atoms with Crippen molar-refractivity contribution in [3.05, 3.63) is 28.0 Å². The lowest BCUT2D eigenvalue weighted by Gasteiger charge is -2.14. The predicted molar refractivity (Wildman–Crippen MR) is 50.5 cm³/mol. The summed E-state index contributed by atoms with van der Waals surface area (Å²) in [6.45, 7) is 0. The maximum absolute atomic E-state index is 12.5. The van der Waals surface area contributed by atoms with Gasteiger partial charge in [0.1, 0.15) is 5.69 Å². The van der Waals surface area contributed by atoms with Crippen molar-refractivity contribution in [2.45, 2.75) is 19.0 Å². The normalized spacial score (nSPS) is 11.9. The molecule has 9 heteroatoms. The highest BCUT2D eigenvalue weighted by Gasteiger charge is 2.38. The maximum Gasteiger partial charge on any atom is 0.433 e. The van der Waals surface area contributed by atoms with Crippen LogP contribution in [-0.2, 0) is 17.4 Å². The maximum atomic E-state index is 12.5. The molecule has 0 radical (unpaired) electrons. The van der Waals surface area contributed by atoms with Gasteiger partial charge >= 0.3 is 12.1 Å². The van der Waals surface area contributed by atoms with Crippen molar-refractivity contribution in [2.24, 2.45) is 0 Å². The van der Waals surface area contributed by atoms with Crippen molar-refractivity contribution < 1.29 is 31.9 Å². The van der Waals surface area contributed by atoms with Crippen LogP contribution >= 0.6 is 11.6 Å². The van der Waals surface area contributed by atoms with E-state index in [1.165, 1.54) is 0 Å². The third kappa shape index (κ3) is 3.06. The van der Waals surface area contributed by atoms with Gasteiger partial charge in [-0.05, 0) is 0 Å². The lowest BCUT2D eigenvalue weighted by atomic mass is 10.1. The average molecular weight is 290 g/mol. The van der Waals surface area contributed by atoms with E-state index in [0.717, 1.165) is 0 Å². The van der Waals surface area contributed by atoms with E-state index in [0.29, 0.717) is 6.20 Å². The summed E-state index contributed by atoms with van der Waals surface area (Å²) in [6, 6.07) is 0. The smallest absolute Gasteiger partial charge is 0.433 e. The zero-order valence-corrected chi connectivity index (χ0v) is 9.19. The molecule has 3 nitrogen and oxygen atoms in total. The quantitative estimate of drug-likeness (QED) is 0.869. The Bertz CT molecular complexity index is 475. The summed E-state index contributed by atoms with van der Waals surface area (Å²) in [7, 11) is 0. The minimum atomic E-state index is -4.96. The second-order valence-corrected chi connectivity index (χ2v) is 3.60. The summed E-state index contributed by atoms with van der Waals surface area (Å²) in [6.07, 6.45) is -8.95. The van der Waals surface area contributed by atoms with E-state index in [1.807, 2.05) is 0 Å². The summed E-state index contributed by atoms with van der Waals surface area (Å²) in [5.41, 5.74) is -3.46. The first-order valence-corrected chi connectivity index (χ1v) is 4.76. The van der Waals surface area contributed by atoms with Gasteiger partial charge in [-0.3, -0.25) is 9.78 Å². The number of aliphatic carboxylic acids is 1. The van der Waals surface area contributed by atoms with Crippen LogP contribution in [0.5, 0.6) is 0 Å². The minimum Gasteiger partial charge on any atom is -0.481 e. The van der Waals surface area contributed by atoms with Crippen molar-refractivity contribution in [3.63, 3.8) is 0 Å². The average Bonchev–Trinajstić information content (AvgIpc) is 2.17. The van der Waals surface area contributed by atoms with Gasteiger partial charge in [0.15, 0.2) is 0 Å². The SMILES string of the molecule is O=C(O)Cc1c(C(F)(F)F)ncc(C(F)F)c1Cl. The summed E-state index contributed by atoms with van der Waals surface area (Å²) >= 11 is 5.38. The Morgan fingerprint density at radius 2 is 2.00 bits per heavy atom. The minimum absolute atomic E-state index is 0.293. The fourth-order valence-corrected chi connectivity index (χ4v) is 1.54. The molecule has 0 fully saturated rings. The predicted octanol–water partition coefficient (Wildman–Crippen LogP) is 3.32. The van der Waals surface area contributed by atoms with E-state index < -0.39 is 46.8 Å². The Kier molecular flexibility index (Phi) is 4.10. The first kappa shape index (κ1) is 14.6. The number of pyridine rings is 1. The van der Waals surface area contributed by atoms with Crippen LogP contribution < -0.4 is 0 Å². The lowest BCUT2D eigenvalue weighted by molar-refractivity contribution is -0.142. The number of nitrogens with zero attached hydrogens (tertiary/aromatic N) is 1. The number of carboxylic acids is 1. The van der Waals surface area contributed by atoms with E-state index in [4.69, 9.17) is 16.7 Å². The zero-order chi connectivity index (χ0) is 14.1. The van der Waals surface area contributed by atoms with Crippen LogP contribution in [0.1, 0.15) is 23.2 Å². The van der Waals surface area contributed by atoms with Crippen LogP contribution in [0, 0.1) is 0 Å². The third-order valence-corrected chi connectivity index (χ3v) is 2.41. The Morgan fingerprint density at radius 3 is 2.39 bits per heavy atom. The van der Waals surface area contributed by atoms with Gasteiger partial charge in [0.25, 0.3) is 6.43 Å². The molecule has 1 heterocycles. The number of aromatic nitrogens is 1. The molecule has 1 aromatic rings. The number of rotatable bonds is 3. The molecule has 0 atom stereocenters. The molecule has 0 saturated carbocycles. The Balaban J connectivity index is 3.46. The fraction of sp³-hybridized carbons (Fsp3) is 0.333. The molecular formula is C9H5ClF5NO2. The molecule has 1 N–H and O–H groups in total. The first-order chi connectivity index (χ1) is 8.14. The lowest BCUT2D eigenvalue weighted by Crippen LogP contribution is -2.16. The summed E-state index contributed by atoms with van der Waals surface area (Å²) < 4.78 is 62.4. The van der Waals surface area contributed by atoms with E-state index in [9.17, 15) is 26.7 Å². The molecule has 100 valence electrons. The highest BCUT2D eigenvalue weighted by atomic mass is 35.5. The highest BCUT2D eigenvalue weighted by Crippen LogP contribution is 2.37. The van der Waals surface area contributed by atoms with Crippen LogP contribution in [0.4, 0.5) is 22.0 Å². The molecule has 0 spiro atoms. The van der Waals surface area contributed by atoms with Crippen LogP contribution in [0.3, 0.4) is 0 Å². The zero-order valence-electron chi connectivity index (χ0n) is 8.43. The van der Waals surface area contributed by atoms with E-state index in [2.05, 4.69) is 4.98 Å². The van der Waals surface area contributed by atoms with E-state index >= 15 is 0 Å². The molecule has 0 aromatic carbocycles. The van der Waals surface area contributed by atoms with Gasteiger partial charge in [-0.2, -0.15) is 13.2 Å². The largest absolute Gasteiger partial charge is 0.481 e. The molecule has 1 aromatic heterocycles. The van der Waals surface area contributed by atoms with E-state index in [1.54, 1.807) is 0 Å². The van der Waals surface area contributed by atoms with E-state index in [-0.39, 0.29) is 0 Å². The van der Waals surface area contributed by atoms with Crippen LogP contribution in [-0.4, -0.2) is 16.1 Å². The van der Waals surface area contributed by atoms with Crippen molar-refractivity contribution >= 4 is 17.6 Å². The number of carbonyl (C=O) groups is 1. The van der Waals surface area contributed by atoms with Crippen molar-refractivity contribution in [1.29, 1.82) is 0 Å². The highest BCUT2D eigenvalue weighted by molar-refractivity contribution is 6.32.